The number of thiophene rings is 1. The van der Waals surface area contributed by atoms with Crippen LogP contribution in [0.3, 0.4) is 0 Å². The summed E-state index contributed by atoms with van der Waals surface area (Å²) in [6.45, 7) is 1.76. The highest BCUT2D eigenvalue weighted by Gasteiger charge is 2.30. The van der Waals surface area contributed by atoms with E-state index in [1.54, 1.807) is 0 Å². The fourth-order valence-corrected chi connectivity index (χ4v) is 9.94. The highest BCUT2D eigenvalue weighted by atomic mass is 32.1. The monoisotopic (exact) mass is 694 g/mol. The minimum Gasteiger partial charge on any atom is -0.338 e. The van der Waals surface area contributed by atoms with Crippen LogP contribution in [-0.4, -0.2) is 13.1 Å². The van der Waals surface area contributed by atoms with Crippen LogP contribution in [0, 0.1) is 0 Å². The van der Waals surface area contributed by atoms with Crippen LogP contribution in [0.2, 0.25) is 0 Å². The Bertz CT molecular complexity index is 2850. The first kappa shape index (κ1) is 30.2. The molecular formula is C50H34N2S. The summed E-state index contributed by atoms with van der Waals surface area (Å²) in [6, 6.07) is 67.4. The molecule has 0 saturated heterocycles. The maximum Gasteiger partial charge on any atom is 0.0659 e. The second-order valence-electron chi connectivity index (χ2n) is 14.0. The Hall–Kier alpha value is -6.42. The largest absolute Gasteiger partial charge is 0.338 e. The van der Waals surface area contributed by atoms with Crippen molar-refractivity contribution in [2.75, 3.05) is 22.9 Å². The molecule has 2 aliphatic rings. The van der Waals surface area contributed by atoms with E-state index in [0.717, 1.165) is 13.1 Å². The van der Waals surface area contributed by atoms with Gasteiger partial charge in [-0.3, -0.25) is 0 Å². The summed E-state index contributed by atoms with van der Waals surface area (Å²) in [5.41, 5.74) is 17.4. The molecule has 9 aromatic rings. The first-order valence-electron chi connectivity index (χ1n) is 18.4. The number of benzene rings is 8. The van der Waals surface area contributed by atoms with Crippen LogP contribution >= 0.6 is 11.3 Å². The van der Waals surface area contributed by atoms with Crippen LogP contribution in [0.4, 0.5) is 22.7 Å². The van der Waals surface area contributed by atoms with Gasteiger partial charge < -0.3 is 9.80 Å². The van der Waals surface area contributed by atoms with Crippen molar-refractivity contribution in [3.63, 3.8) is 0 Å². The number of para-hydroxylation sites is 2. The summed E-state index contributed by atoms with van der Waals surface area (Å²) in [5.74, 6) is 0. The predicted molar refractivity (Wildman–Crippen MR) is 227 cm³/mol. The van der Waals surface area contributed by atoms with E-state index in [1.807, 2.05) is 11.3 Å². The molecule has 0 saturated carbocycles. The Labute approximate surface area is 313 Å². The zero-order valence-corrected chi connectivity index (χ0v) is 29.9. The normalized spacial score (nSPS) is 13.1. The molecule has 1 aliphatic heterocycles. The quantitative estimate of drug-likeness (QED) is 0.182. The standard InChI is InChI=1S/C50H34N2S/c1-3-14-34(15-4-1)51-28-29-52(35-16-5-2-6-17-35)48-32-46-44-30-33(36-23-13-24-43-42-22-11-12-25-49(42)53-50(36)43)26-27-41(44)39-20-8-7-18-37(39)38-19-9-10-21-40(38)45(46)31-47(48)51/h1-27,30-32H,28-29H2. The molecule has 0 unspecified atom stereocenters. The van der Waals surface area contributed by atoms with Gasteiger partial charge in [0.25, 0.3) is 0 Å². The maximum atomic E-state index is 2.51. The Morgan fingerprint density at radius 1 is 0.340 bits per heavy atom. The van der Waals surface area contributed by atoms with Crippen molar-refractivity contribution in [1.82, 2.24) is 0 Å². The maximum absolute atomic E-state index is 2.51. The van der Waals surface area contributed by atoms with E-state index in [2.05, 4.69) is 192 Å². The van der Waals surface area contributed by atoms with Gasteiger partial charge in [-0.05, 0) is 104 Å². The van der Waals surface area contributed by atoms with Gasteiger partial charge in [0.15, 0.2) is 0 Å². The molecule has 250 valence electrons. The Kier molecular flexibility index (Phi) is 6.89. The van der Waals surface area contributed by atoms with Crippen molar-refractivity contribution in [1.29, 1.82) is 0 Å². The van der Waals surface area contributed by atoms with Crippen LogP contribution in [-0.2, 0) is 0 Å². The van der Waals surface area contributed by atoms with Crippen molar-refractivity contribution in [3.05, 3.63) is 182 Å². The van der Waals surface area contributed by atoms with Gasteiger partial charge in [0, 0.05) is 44.6 Å². The lowest BCUT2D eigenvalue weighted by Crippen LogP contribution is -2.36. The minimum atomic E-state index is 0.880. The van der Waals surface area contributed by atoms with Gasteiger partial charge in [0.1, 0.15) is 0 Å². The lowest BCUT2D eigenvalue weighted by atomic mass is 9.79. The molecule has 3 heteroatoms. The first-order chi connectivity index (χ1) is 26.3. The number of hydrogen-bond acceptors (Lipinski definition) is 3. The van der Waals surface area contributed by atoms with E-state index in [-0.39, 0.29) is 0 Å². The lowest BCUT2D eigenvalue weighted by Gasteiger charge is -2.40. The minimum absolute atomic E-state index is 0.880. The third-order valence-corrected chi connectivity index (χ3v) is 12.3. The van der Waals surface area contributed by atoms with Crippen molar-refractivity contribution in [2.45, 2.75) is 0 Å². The zero-order chi connectivity index (χ0) is 34.9. The molecule has 0 spiro atoms. The van der Waals surface area contributed by atoms with Crippen molar-refractivity contribution >= 4 is 54.3 Å². The van der Waals surface area contributed by atoms with E-state index in [1.165, 1.54) is 98.6 Å². The van der Waals surface area contributed by atoms with Gasteiger partial charge in [-0.25, -0.2) is 0 Å². The fourth-order valence-electron chi connectivity index (χ4n) is 8.70. The third kappa shape index (κ3) is 4.78. The molecule has 2 nitrogen and oxygen atoms in total. The smallest absolute Gasteiger partial charge is 0.0659 e. The van der Waals surface area contributed by atoms with Crippen LogP contribution in [0.15, 0.2) is 182 Å². The van der Waals surface area contributed by atoms with E-state index in [9.17, 15) is 0 Å². The highest BCUT2D eigenvalue weighted by molar-refractivity contribution is 7.26. The molecule has 53 heavy (non-hydrogen) atoms. The van der Waals surface area contributed by atoms with E-state index < -0.39 is 0 Å². The van der Waals surface area contributed by atoms with Crippen LogP contribution in [0.5, 0.6) is 0 Å². The lowest BCUT2D eigenvalue weighted by molar-refractivity contribution is 0.850. The Morgan fingerprint density at radius 3 is 1.42 bits per heavy atom. The van der Waals surface area contributed by atoms with E-state index in [4.69, 9.17) is 0 Å². The second-order valence-corrected chi connectivity index (χ2v) is 15.0. The summed E-state index contributed by atoms with van der Waals surface area (Å²) in [6.07, 6.45) is 0. The average Bonchev–Trinajstić information content (AvgIpc) is 3.62. The SMILES string of the molecule is c1ccc(N2CCN(c3ccccc3)c3cc4c(cc32)-c2ccccc2-c2ccccc2-c2ccc(-c3cccc5c3sc3ccccc35)cc2-4)cc1. The van der Waals surface area contributed by atoms with Crippen molar-refractivity contribution in [3.8, 4) is 55.6 Å². The van der Waals surface area contributed by atoms with Crippen LogP contribution in [0.25, 0.3) is 75.8 Å². The van der Waals surface area contributed by atoms with Crippen molar-refractivity contribution in [2.24, 2.45) is 0 Å². The van der Waals surface area contributed by atoms with Gasteiger partial charge in [-0.15, -0.1) is 11.3 Å². The number of nitrogens with zero attached hydrogens (tertiary/aromatic N) is 2. The molecule has 8 aromatic carbocycles. The third-order valence-electron chi connectivity index (χ3n) is 11.1. The molecule has 1 aromatic heterocycles. The summed E-state index contributed by atoms with van der Waals surface area (Å²) in [7, 11) is 0. The van der Waals surface area contributed by atoms with E-state index in [0.29, 0.717) is 0 Å². The van der Waals surface area contributed by atoms with Gasteiger partial charge in [0.2, 0.25) is 0 Å². The van der Waals surface area contributed by atoms with Crippen LogP contribution < -0.4 is 9.80 Å². The molecule has 0 bridgehead atoms. The molecule has 11 rings (SSSR count). The molecule has 0 N–H and O–H groups in total. The van der Waals surface area contributed by atoms with Gasteiger partial charge in [-0.2, -0.15) is 0 Å². The Balaban J connectivity index is 1.23. The van der Waals surface area contributed by atoms with E-state index >= 15 is 0 Å². The highest BCUT2D eigenvalue weighted by Crippen LogP contribution is 2.53. The molecular weight excluding hydrogens is 661 g/mol. The second kappa shape index (κ2) is 12.1. The molecule has 1 aliphatic carbocycles. The zero-order valence-electron chi connectivity index (χ0n) is 29.0. The molecule has 0 fully saturated rings. The summed E-state index contributed by atoms with van der Waals surface area (Å²) in [5, 5.41) is 2.65. The fraction of sp³-hybridized carbons (Fsp3) is 0.0400. The number of fused-ring (bicyclic) bond motifs is 12. The number of hydrogen-bond donors (Lipinski definition) is 0. The van der Waals surface area contributed by atoms with Crippen molar-refractivity contribution < 1.29 is 0 Å². The molecule has 0 radical (unpaired) electrons. The summed E-state index contributed by atoms with van der Waals surface area (Å²) >= 11 is 1.90. The number of anilines is 4. The summed E-state index contributed by atoms with van der Waals surface area (Å²) in [4.78, 5) is 5.01. The first-order valence-corrected chi connectivity index (χ1v) is 19.2. The molecule has 2 heterocycles. The van der Waals surface area contributed by atoms with Gasteiger partial charge in [0.05, 0.1) is 11.4 Å². The Morgan fingerprint density at radius 2 is 0.792 bits per heavy atom. The average molecular weight is 695 g/mol. The topological polar surface area (TPSA) is 6.48 Å². The van der Waals surface area contributed by atoms with Crippen LogP contribution in [0.1, 0.15) is 0 Å². The van der Waals surface area contributed by atoms with Gasteiger partial charge >= 0.3 is 0 Å². The predicted octanol–water partition coefficient (Wildman–Crippen LogP) is 14.0. The van der Waals surface area contributed by atoms with Gasteiger partial charge in [-0.1, -0.05) is 133 Å². The summed E-state index contributed by atoms with van der Waals surface area (Å²) < 4.78 is 2.66. The number of rotatable bonds is 3. The molecule has 0 atom stereocenters. The molecule has 0 amide bonds.